The zero-order chi connectivity index (χ0) is 22.5. The van der Waals surface area contributed by atoms with Gasteiger partial charge in [-0.1, -0.05) is 30.3 Å². The van der Waals surface area contributed by atoms with Crippen LogP contribution in [-0.4, -0.2) is 32.0 Å². The molecule has 0 bridgehead atoms. The third-order valence-corrected chi connectivity index (χ3v) is 4.84. The number of carbonyl (C=O) groups is 2. The van der Waals surface area contributed by atoms with E-state index < -0.39 is 17.6 Å². The number of halogens is 3. The number of nitrogens with one attached hydrogen (secondary N) is 3. The minimum Gasteiger partial charge on any atom is -0.345 e. The maximum Gasteiger partial charge on any atom is 0.418 e. The molecule has 2 atom stereocenters. The van der Waals surface area contributed by atoms with Crippen molar-refractivity contribution in [1.82, 2.24) is 5.32 Å². The van der Waals surface area contributed by atoms with Crippen LogP contribution in [0.25, 0.3) is 0 Å². The van der Waals surface area contributed by atoms with Gasteiger partial charge in [-0.3, -0.25) is 9.59 Å². The van der Waals surface area contributed by atoms with Crippen molar-refractivity contribution < 1.29 is 27.7 Å². The lowest BCUT2D eigenvalue weighted by Crippen LogP contribution is -3.11. The highest BCUT2D eigenvalue weighted by molar-refractivity contribution is 5.92. The predicted molar refractivity (Wildman–Crippen MR) is 109 cm³/mol. The number of alkyl halides is 3. The lowest BCUT2D eigenvalue weighted by molar-refractivity contribution is -0.862. The summed E-state index contributed by atoms with van der Waals surface area (Å²) in [5, 5.41) is 5.17. The van der Waals surface area contributed by atoms with E-state index in [1.165, 1.54) is 23.8 Å². The van der Waals surface area contributed by atoms with Gasteiger partial charge >= 0.3 is 6.18 Å². The summed E-state index contributed by atoms with van der Waals surface area (Å²) in [6, 6.07) is 10.6. The topological polar surface area (TPSA) is 62.6 Å². The SMILES string of the molecule is Cc1ccc([C@H](C)NC(=O)C[NH+](C)CC(=O)Nc2ccccc2C(F)(F)F)cc1C. The van der Waals surface area contributed by atoms with Gasteiger partial charge in [-0.15, -0.1) is 0 Å². The molecule has 0 saturated carbocycles. The molecule has 162 valence electrons. The number of benzene rings is 2. The van der Waals surface area contributed by atoms with E-state index in [-0.39, 0.29) is 30.7 Å². The molecule has 1 unspecified atom stereocenters. The molecule has 5 nitrogen and oxygen atoms in total. The quantitative estimate of drug-likeness (QED) is 0.643. The van der Waals surface area contributed by atoms with E-state index in [4.69, 9.17) is 0 Å². The Hall–Kier alpha value is -2.87. The summed E-state index contributed by atoms with van der Waals surface area (Å²) in [4.78, 5) is 25.0. The van der Waals surface area contributed by atoms with Crippen LogP contribution in [0.4, 0.5) is 18.9 Å². The van der Waals surface area contributed by atoms with Crippen molar-refractivity contribution >= 4 is 17.5 Å². The van der Waals surface area contributed by atoms with Gasteiger partial charge in [0.15, 0.2) is 13.1 Å². The summed E-state index contributed by atoms with van der Waals surface area (Å²) in [5.74, 6) is -0.846. The molecule has 0 aliphatic heterocycles. The van der Waals surface area contributed by atoms with Crippen molar-refractivity contribution in [2.45, 2.75) is 33.0 Å². The smallest absolute Gasteiger partial charge is 0.345 e. The van der Waals surface area contributed by atoms with Crippen LogP contribution in [-0.2, 0) is 15.8 Å². The van der Waals surface area contributed by atoms with Crippen molar-refractivity contribution in [1.29, 1.82) is 0 Å². The van der Waals surface area contributed by atoms with E-state index in [2.05, 4.69) is 10.6 Å². The Morgan fingerprint density at radius 1 is 1.00 bits per heavy atom. The van der Waals surface area contributed by atoms with Crippen molar-refractivity contribution in [3.05, 3.63) is 64.7 Å². The van der Waals surface area contributed by atoms with Crippen LogP contribution in [0, 0.1) is 13.8 Å². The van der Waals surface area contributed by atoms with E-state index in [9.17, 15) is 22.8 Å². The third kappa shape index (κ3) is 6.59. The molecule has 0 aliphatic carbocycles. The van der Waals surface area contributed by atoms with Crippen LogP contribution in [0.15, 0.2) is 42.5 Å². The highest BCUT2D eigenvalue weighted by Crippen LogP contribution is 2.34. The molecule has 0 heterocycles. The number of quaternary nitrogens is 1. The Bertz CT molecular complexity index is 913. The highest BCUT2D eigenvalue weighted by atomic mass is 19.4. The number of hydrogen-bond donors (Lipinski definition) is 3. The van der Waals surface area contributed by atoms with Crippen LogP contribution in [0.2, 0.25) is 0 Å². The molecule has 0 saturated heterocycles. The fourth-order valence-corrected chi connectivity index (χ4v) is 3.05. The van der Waals surface area contributed by atoms with Gasteiger partial charge in [-0.25, -0.2) is 0 Å². The van der Waals surface area contributed by atoms with Gasteiger partial charge in [0.05, 0.1) is 24.3 Å². The number of amides is 2. The molecule has 0 aromatic heterocycles. The molecular weight excluding hydrogens is 395 g/mol. The van der Waals surface area contributed by atoms with Crippen LogP contribution in [0.3, 0.4) is 0 Å². The van der Waals surface area contributed by atoms with Crippen LogP contribution in [0.5, 0.6) is 0 Å². The Morgan fingerprint density at radius 3 is 2.27 bits per heavy atom. The van der Waals surface area contributed by atoms with Crippen molar-refractivity contribution in [3.8, 4) is 0 Å². The molecule has 2 rings (SSSR count). The first-order chi connectivity index (χ1) is 14.0. The highest BCUT2D eigenvalue weighted by Gasteiger charge is 2.33. The largest absolute Gasteiger partial charge is 0.418 e. The molecule has 3 N–H and O–H groups in total. The van der Waals surface area contributed by atoms with Gasteiger partial charge in [-0.2, -0.15) is 13.2 Å². The average Bonchev–Trinajstić information content (AvgIpc) is 2.63. The molecular formula is C22H27F3N3O2+. The molecule has 0 aliphatic rings. The van der Waals surface area contributed by atoms with Gasteiger partial charge in [0.25, 0.3) is 11.8 Å². The maximum atomic E-state index is 13.0. The van der Waals surface area contributed by atoms with Crippen molar-refractivity contribution in [2.75, 3.05) is 25.5 Å². The second kappa shape index (κ2) is 9.75. The molecule has 2 amide bonds. The first-order valence-electron chi connectivity index (χ1n) is 9.61. The van der Waals surface area contributed by atoms with Crippen LogP contribution in [0.1, 0.15) is 35.2 Å². The maximum absolute atomic E-state index is 13.0. The first kappa shape index (κ1) is 23.4. The second-order valence-corrected chi connectivity index (χ2v) is 7.54. The second-order valence-electron chi connectivity index (χ2n) is 7.54. The number of anilines is 1. The molecule has 0 spiro atoms. The zero-order valence-corrected chi connectivity index (χ0v) is 17.5. The van der Waals surface area contributed by atoms with Gasteiger partial charge in [0.2, 0.25) is 0 Å². The molecule has 0 radical (unpaired) electrons. The Balaban J connectivity index is 1.89. The minimum atomic E-state index is -4.56. The van der Waals surface area contributed by atoms with E-state index in [1.807, 2.05) is 39.0 Å². The predicted octanol–water partition coefficient (Wildman–Crippen LogP) is 2.65. The summed E-state index contributed by atoms with van der Waals surface area (Å²) in [6.45, 7) is 5.76. The fraction of sp³-hybridized carbons (Fsp3) is 0.364. The first-order valence-corrected chi connectivity index (χ1v) is 9.61. The van der Waals surface area contributed by atoms with E-state index in [0.29, 0.717) is 4.90 Å². The minimum absolute atomic E-state index is 0.0174. The van der Waals surface area contributed by atoms with E-state index in [0.717, 1.165) is 17.2 Å². The van der Waals surface area contributed by atoms with Crippen LogP contribution < -0.4 is 15.5 Å². The summed E-state index contributed by atoms with van der Waals surface area (Å²) in [6.07, 6.45) is -4.56. The molecule has 30 heavy (non-hydrogen) atoms. The van der Waals surface area contributed by atoms with Gasteiger partial charge in [0.1, 0.15) is 0 Å². The van der Waals surface area contributed by atoms with Gasteiger partial charge in [0, 0.05) is 0 Å². The van der Waals surface area contributed by atoms with Crippen molar-refractivity contribution in [2.24, 2.45) is 0 Å². The Kier molecular flexibility index (Phi) is 7.61. The third-order valence-electron chi connectivity index (χ3n) is 4.84. The molecule has 2 aromatic rings. The zero-order valence-electron chi connectivity index (χ0n) is 17.5. The Morgan fingerprint density at radius 2 is 1.63 bits per heavy atom. The molecule has 2 aromatic carbocycles. The lowest BCUT2D eigenvalue weighted by Gasteiger charge is -2.18. The monoisotopic (exact) mass is 422 g/mol. The number of aryl methyl sites for hydroxylation is 2. The summed E-state index contributed by atoms with van der Waals surface area (Å²) in [7, 11) is 1.63. The lowest BCUT2D eigenvalue weighted by atomic mass is 10.0. The van der Waals surface area contributed by atoms with Gasteiger partial charge < -0.3 is 15.5 Å². The summed E-state index contributed by atoms with van der Waals surface area (Å²) >= 11 is 0. The van der Waals surface area contributed by atoms with Crippen molar-refractivity contribution in [3.63, 3.8) is 0 Å². The summed E-state index contributed by atoms with van der Waals surface area (Å²) in [5.41, 5.74) is 2.07. The number of rotatable bonds is 7. The van der Waals surface area contributed by atoms with Gasteiger partial charge in [-0.05, 0) is 49.6 Å². The number of hydrogen-bond acceptors (Lipinski definition) is 2. The Labute approximate surface area is 174 Å². The number of likely N-dealkylation sites (N-methyl/N-ethyl adjacent to an activating group) is 1. The normalized spacial score (nSPS) is 13.4. The standard InChI is InChI=1S/C22H26F3N3O2/c1-14-9-10-17(11-15(14)2)16(3)26-20(29)12-28(4)13-21(30)27-19-8-6-5-7-18(19)22(23,24)25/h5-11,16H,12-13H2,1-4H3,(H,26,29)(H,27,30)/p+1/t16-/m0/s1. The average molecular weight is 422 g/mol. The molecule has 8 heteroatoms. The number of para-hydroxylation sites is 1. The van der Waals surface area contributed by atoms with E-state index in [1.54, 1.807) is 7.05 Å². The fourth-order valence-electron chi connectivity index (χ4n) is 3.05. The summed E-state index contributed by atoms with van der Waals surface area (Å²) < 4.78 is 39.1. The van der Waals surface area contributed by atoms with Crippen LogP contribution >= 0.6 is 0 Å². The van der Waals surface area contributed by atoms with E-state index >= 15 is 0 Å². The number of carbonyl (C=O) groups excluding carboxylic acids is 2. The molecule has 0 fully saturated rings.